The summed E-state index contributed by atoms with van der Waals surface area (Å²) < 4.78 is 5.40. The van der Waals surface area contributed by atoms with Crippen LogP contribution in [0.25, 0.3) is 11.0 Å². The van der Waals surface area contributed by atoms with Crippen LogP contribution in [0.4, 0.5) is 0 Å². The van der Waals surface area contributed by atoms with Gasteiger partial charge in [-0.3, -0.25) is 15.8 Å². The highest BCUT2D eigenvalue weighted by Crippen LogP contribution is 2.26. The largest absolute Gasteiger partial charge is 0.467 e. The first-order valence-corrected chi connectivity index (χ1v) is 5.59. The van der Waals surface area contributed by atoms with Gasteiger partial charge in [0.2, 0.25) is 0 Å². The fourth-order valence-electron chi connectivity index (χ4n) is 2.03. The number of fused-ring (bicyclic) bond motifs is 1. The van der Waals surface area contributed by atoms with Gasteiger partial charge in [0, 0.05) is 18.0 Å². The quantitative estimate of drug-likeness (QED) is 0.539. The van der Waals surface area contributed by atoms with Crippen molar-refractivity contribution in [2.75, 3.05) is 0 Å². The van der Waals surface area contributed by atoms with Gasteiger partial charge in [-0.15, -0.1) is 0 Å². The summed E-state index contributed by atoms with van der Waals surface area (Å²) in [5.74, 6) is 6.37. The van der Waals surface area contributed by atoms with Crippen LogP contribution in [0.3, 0.4) is 0 Å². The fraction of sp³-hybridized carbons (Fsp3) is 0.0769. The topological polar surface area (TPSA) is 77.0 Å². The van der Waals surface area contributed by atoms with E-state index in [1.807, 2.05) is 30.3 Å². The van der Waals surface area contributed by atoms with Gasteiger partial charge in [-0.05, 0) is 18.2 Å². The van der Waals surface area contributed by atoms with E-state index < -0.39 is 0 Å². The zero-order valence-corrected chi connectivity index (χ0v) is 9.58. The van der Waals surface area contributed by atoms with E-state index in [4.69, 9.17) is 10.3 Å². The van der Waals surface area contributed by atoms with Crippen LogP contribution in [-0.4, -0.2) is 9.97 Å². The van der Waals surface area contributed by atoms with Crippen molar-refractivity contribution in [2.24, 2.45) is 5.84 Å². The van der Waals surface area contributed by atoms with Crippen molar-refractivity contribution in [1.29, 1.82) is 0 Å². The highest BCUT2D eigenvalue weighted by atomic mass is 16.3. The molecule has 3 N–H and O–H groups in total. The van der Waals surface area contributed by atoms with Gasteiger partial charge >= 0.3 is 0 Å². The minimum atomic E-state index is -0.236. The molecule has 0 spiro atoms. The second-order valence-corrected chi connectivity index (χ2v) is 3.89. The number of hydrazine groups is 1. The molecule has 2 heterocycles. The van der Waals surface area contributed by atoms with Crippen LogP contribution < -0.4 is 11.3 Å². The van der Waals surface area contributed by atoms with Gasteiger partial charge in [0.1, 0.15) is 11.8 Å². The molecule has 5 heteroatoms. The number of hydrogen-bond acceptors (Lipinski definition) is 5. The first kappa shape index (κ1) is 10.9. The number of nitrogens with two attached hydrogens (primary N) is 1. The lowest BCUT2D eigenvalue weighted by atomic mass is 10.0. The molecule has 2 aromatic heterocycles. The van der Waals surface area contributed by atoms with E-state index in [1.54, 1.807) is 18.7 Å². The van der Waals surface area contributed by atoms with Crippen LogP contribution >= 0.6 is 0 Å². The molecule has 3 aromatic rings. The molecular weight excluding hydrogens is 228 g/mol. The number of furan rings is 1. The van der Waals surface area contributed by atoms with Crippen LogP contribution in [0.2, 0.25) is 0 Å². The molecule has 0 aliphatic carbocycles. The van der Waals surface area contributed by atoms with E-state index in [0.29, 0.717) is 0 Å². The average Bonchev–Trinajstić information content (AvgIpc) is 2.94. The van der Waals surface area contributed by atoms with E-state index >= 15 is 0 Å². The fourth-order valence-corrected chi connectivity index (χ4v) is 2.03. The number of nitrogens with one attached hydrogen (secondary N) is 1. The maximum absolute atomic E-state index is 5.63. The van der Waals surface area contributed by atoms with Crippen molar-refractivity contribution in [2.45, 2.75) is 6.04 Å². The molecule has 0 amide bonds. The Morgan fingerprint density at radius 3 is 2.78 bits per heavy atom. The van der Waals surface area contributed by atoms with Gasteiger partial charge < -0.3 is 4.42 Å². The van der Waals surface area contributed by atoms with E-state index in [0.717, 1.165) is 22.4 Å². The summed E-state index contributed by atoms with van der Waals surface area (Å²) in [5.41, 5.74) is 5.35. The maximum Gasteiger partial charge on any atom is 0.126 e. The minimum Gasteiger partial charge on any atom is -0.467 e. The molecule has 1 aromatic carbocycles. The molecule has 90 valence electrons. The number of rotatable bonds is 3. The highest BCUT2D eigenvalue weighted by molar-refractivity contribution is 5.78. The third kappa shape index (κ3) is 1.75. The highest BCUT2D eigenvalue weighted by Gasteiger charge is 2.18. The Hall–Kier alpha value is -2.24. The second kappa shape index (κ2) is 4.56. The lowest BCUT2D eigenvalue weighted by Gasteiger charge is -2.15. The maximum atomic E-state index is 5.63. The van der Waals surface area contributed by atoms with E-state index in [2.05, 4.69) is 15.4 Å². The van der Waals surface area contributed by atoms with Crippen LogP contribution in [-0.2, 0) is 0 Å². The van der Waals surface area contributed by atoms with E-state index in [9.17, 15) is 0 Å². The summed E-state index contributed by atoms with van der Waals surface area (Å²) in [4.78, 5) is 8.64. The molecule has 1 unspecified atom stereocenters. The number of benzene rings is 1. The third-order valence-electron chi connectivity index (χ3n) is 2.84. The Kier molecular flexibility index (Phi) is 2.76. The van der Waals surface area contributed by atoms with Crippen molar-refractivity contribution in [3.8, 4) is 0 Å². The molecule has 0 saturated carbocycles. The van der Waals surface area contributed by atoms with Crippen molar-refractivity contribution < 1.29 is 4.42 Å². The van der Waals surface area contributed by atoms with Crippen molar-refractivity contribution >= 4 is 11.0 Å². The third-order valence-corrected chi connectivity index (χ3v) is 2.84. The summed E-state index contributed by atoms with van der Waals surface area (Å²) in [5, 5.41) is 0. The molecule has 0 radical (unpaired) electrons. The SMILES string of the molecule is NNC(c1ccco1)c1cccc2nccnc12. The van der Waals surface area contributed by atoms with Gasteiger partial charge in [0.25, 0.3) is 0 Å². The molecule has 0 fully saturated rings. The number of hydrogen-bond donors (Lipinski definition) is 2. The number of nitrogens with zero attached hydrogens (tertiary/aromatic N) is 2. The minimum absolute atomic E-state index is 0.236. The second-order valence-electron chi connectivity index (χ2n) is 3.89. The average molecular weight is 240 g/mol. The predicted molar refractivity (Wildman–Crippen MR) is 67.4 cm³/mol. The standard InChI is InChI=1S/C13H12N4O/c14-17-13(11-5-2-8-18-11)9-3-1-4-10-12(9)16-7-6-15-10/h1-8,13,17H,14H2. The lowest BCUT2D eigenvalue weighted by molar-refractivity contribution is 0.453. The summed E-state index contributed by atoms with van der Waals surface area (Å²) in [6, 6.07) is 9.28. The van der Waals surface area contributed by atoms with E-state index in [-0.39, 0.29) is 6.04 Å². The van der Waals surface area contributed by atoms with Crippen molar-refractivity contribution in [1.82, 2.24) is 15.4 Å². The number of aromatic nitrogens is 2. The Morgan fingerprint density at radius 1 is 1.11 bits per heavy atom. The van der Waals surface area contributed by atoms with Gasteiger partial charge in [-0.1, -0.05) is 12.1 Å². The van der Waals surface area contributed by atoms with Crippen molar-refractivity contribution in [3.05, 3.63) is 60.3 Å². The first-order chi connectivity index (χ1) is 8.90. The van der Waals surface area contributed by atoms with Crippen LogP contribution in [0.5, 0.6) is 0 Å². The molecule has 0 saturated heterocycles. The molecular formula is C13H12N4O. The summed E-state index contributed by atoms with van der Waals surface area (Å²) in [7, 11) is 0. The summed E-state index contributed by atoms with van der Waals surface area (Å²) in [6.45, 7) is 0. The summed E-state index contributed by atoms with van der Waals surface area (Å²) >= 11 is 0. The van der Waals surface area contributed by atoms with Crippen LogP contribution in [0.1, 0.15) is 17.4 Å². The zero-order chi connectivity index (χ0) is 12.4. The van der Waals surface area contributed by atoms with Crippen LogP contribution in [0.15, 0.2) is 53.4 Å². The smallest absolute Gasteiger partial charge is 0.126 e. The molecule has 5 nitrogen and oxygen atoms in total. The molecule has 0 aliphatic rings. The molecule has 18 heavy (non-hydrogen) atoms. The van der Waals surface area contributed by atoms with Crippen molar-refractivity contribution in [3.63, 3.8) is 0 Å². The molecule has 0 bridgehead atoms. The Bertz CT molecular complexity index is 646. The lowest BCUT2D eigenvalue weighted by Crippen LogP contribution is -2.28. The Labute approximate surface area is 104 Å². The van der Waals surface area contributed by atoms with Gasteiger partial charge in [-0.2, -0.15) is 0 Å². The van der Waals surface area contributed by atoms with Gasteiger partial charge in [0.05, 0.1) is 17.3 Å². The normalized spacial score (nSPS) is 12.7. The Morgan fingerprint density at radius 2 is 2.00 bits per heavy atom. The molecule has 0 aliphatic heterocycles. The monoisotopic (exact) mass is 240 g/mol. The first-order valence-electron chi connectivity index (χ1n) is 5.59. The van der Waals surface area contributed by atoms with Crippen LogP contribution in [0, 0.1) is 0 Å². The van der Waals surface area contributed by atoms with Gasteiger partial charge in [0.15, 0.2) is 0 Å². The van der Waals surface area contributed by atoms with Gasteiger partial charge in [-0.25, -0.2) is 5.43 Å². The Balaban J connectivity index is 2.18. The predicted octanol–water partition coefficient (Wildman–Crippen LogP) is 1.78. The molecule has 1 atom stereocenters. The number of para-hydroxylation sites is 1. The summed E-state index contributed by atoms with van der Waals surface area (Å²) in [6.07, 6.45) is 4.96. The van der Waals surface area contributed by atoms with E-state index in [1.165, 1.54) is 0 Å². The molecule has 3 rings (SSSR count). The zero-order valence-electron chi connectivity index (χ0n) is 9.58.